The summed E-state index contributed by atoms with van der Waals surface area (Å²) in [6.07, 6.45) is -0.522. The van der Waals surface area contributed by atoms with E-state index in [2.05, 4.69) is 4.98 Å². The molecule has 120 valence electrons. The number of aliphatic hydroxyl groups excluding tert-OH is 1. The number of carbonyl (C=O) groups is 2. The van der Waals surface area contributed by atoms with E-state index in [9.17, 15) is 14.7 Å². The average molecular weight is 331 g/mol. The van der Waals surface area contributed by atoms with Gasteiger partial charge in [0.25, 0.3) is 5.91 Å². The Kier molecular flexibility index (Phi) is 4.14. The van der Waals surface area contributed by atoms with E-state index in [0.29, 0.717) is 5.56 Å². The highest BCUT2D eigenvalue weighted by molar-refractivity contribution is 7.09. The van der Waals surface area contributed by atoms with Gasteiger partial charge in [-0.1, -0.05) is 12.1 Å². The molecule has 0 unspecified atom stereocenters. The number of hydrogen-bond donors (Lipinski definition) is 2. The highest BCUT2D eigenvalue weighted by atomic mass is 32.1. The number of benzene rings is 1. The lowest BCUT2D eigenvalue weighted by atomic mass is 10.1. The van der Waals surface area contributed by atoms with Crippen LogP contribution in [0.3, 0.4) is 0 Å². The fourth-order valence-electron chi connectivity index (χ4n) is 2.75. The van der Waals surface area contributed by atoms with Crippen LogP contribution < -0.4 is 5.73 Å². The summed E-state index contributed by atoms with van der Waals surface area (Å²) in [5, 5.41) is 12.6. The van der Waals surface area contributed by atoms with Crippen molar-refractivity contribution in [2.45, 2.75) is 25.5 Å². The van der Waals surface area contributed by atoms with E-state index in [1.54, 1.807) is 23.5 Å². The second-order valence-electron chi connectivity index (χ2n) is 5.59. The van der Waals surface area contributed by atoms with E-state index in [0.717, 1.165) is 16.3 Å². The van der Waals surface area contributed by atoms with E-state index >= 15 is 0 Å². The number of amides is 2. The molecule has 2 heterocycles. The molecule has 1 fully saturated rings. The van der Waals surface area contributed by atoms with Crippen molar-refractivity contribution in [3.05, 3.63) is 40.2 Å². The predicted molar refractivity (Wildman–Crippen MR) is 86.9 cm³/mol. The molecule has 23 heavy (non-hydrogen) atoms. The number of aromatic nitrogens is 1. The van der Waals surface area contributed by atoms with Gasteiger partial charge in [0.05, 0.1) is 16.8 Å². The third-order valence-electron chi connectivity index (χ3n) is 3.91. The van der Waals surface area contributed by atoms with Crippen LogP contribution in [0.5, 0.6) is 0 Å². The van der Waals surface area contributed by atoms with Crippen LogP contribution >= 0.6 is 11.3 Å². The molecular formula is C16H17N3O3S. The summed E-state index contributed by atoms with van der Waals surface area (Å²) < 4.78 is 0. The Morgan fingerprint density at radius 3 is 2.61 bits per heavy atom. The molecule has 0 aliphatic carbocycles. The van der Waals surface area contributed by atoms with Crippen molar-refractivity contribution in [2.24, 2.45) is 5.73 Å². The molecule has 7 heteroatoms. The highest BCUT2D eigenvalue weighted by Crippen LogP contribution is 2.24. The SMILES string of the molecule is Cc1nc(-c2ccc(C(=O)N3C[C@H](O)C[C@H]3C(N)=O)cc2)cs1. The molecule has 3 rings (SSSR count). The van der Waals surface area contributed by atoms with E-state index in [1.165, 1.54) is 4.90 Å². The minimum Gasteiger partial charge on any atom is -0.391 e. The Morgan fingerprint density at radius 1 is 1.35 bits per heavy atom. The zero-order valence-electron chi connectivity index (χ0n) is 12.6. The number of carbonyl (C=O) groups excluding carboxylic acids is 2. The fourth-order valence-corrected chi connectivity index (χ4v) is 3.38. The number of likely N-dealkylation sites (tertiary alicyclic amines) is 1. The van der Waals surface area contributed by atoms with E-state index in [-0.39, 0.29) is 18.9 Å². The van der Waals surface area contributed by atoms with Gasteiger partial charge in [0.1, 0.15) is 6.04 Å². The third kappa shape index (κ3) is 3.11. The Morgan fingerprint density at radius 2 is 2.04 bits per heavy atom. The van der Waals surface area contributed by atoms with E-state index in [1.807, 2.05) is 24.4 Å². The standard InChI is InChI=1S/C16H17N3O3S/c1-9-18-13(8-23-9)10-2-4-11(5-3-10)16(22)19-7-12(20)6-14(19)15(17)21/h2-5,8,12,14,20H,6-7H2,1H3,(H2,17,21)/t12-,14+/m1/s1. The van der Waals surface area contributed by atoms with Gasteiger partial charge in [-0.3, -0.25) is 9.59 Å². The summed E-state index contributed by atoms with van der Waals surface area (Å²) >= 11 is 1.57. The molecule has 2 amide bonds. The largest absolute Gasteiger partial charge is 0.391 e. The van der Waals surface area contributed by atoms with Gasteiger partial charge in [0.2, 0.25) is 5.91 Å². The molecule has 1 aromatic carbocycles. The van der Waals surface area contributed by atoms with Crippen LogP contribution in [-0.2, 0) is 4.79 Å². The molecule has 1 aliphatic heterocycles. The number of primary amides is 1. The molecule has 0 saturated carbocycles. The Balaban J connectivity index is 1.81. The molecule has 1 aliphatic rings. The molecule has 0 bridgehead atoms. The highest BCUT2D eigenvalue weighted by Gasteiger charge is 2.38. The Labute approximate surface area is 137 Å². The van der Waals surface area contributed by atoms with Gasteiger partial charge in [-0.2, -0.15) is 0 Å². The smallest absolute Gasteiger partial charge is 0.254 e. The lowest BCUT2D eigenvalue weighted by Crippen LogP contribution is -2.43. The molecule has 2 atom stereocenters. The number of nitrogens with zero attached hydrogens (tertiary/aromatic N) is 2. The summed E-state index contributed by atoms with van der Waals surface area (Å²) in [6, 6.07) is 6.31. The van der Waals surface area contributed by atoms with Crippen LogP contribution in [-0.4, -0.2) is 45.5 Å². The fraction of sp³-hybridized carbons (Fsp3) is 0.312. The van der Waals surface area contributed by atoms with Crippen molar-refractivity contribution in [1.29, 1.82) is 0 Å². The lowest BCUT2D eigenvalue weighted by molar-refractivity contribution is -0.121. The van der Waals surface area contributed by atoms with Gasteiger partial charge in [-0.15, -0.1) is 11.3 Å². The maximum Gasteiger partial charge on any atom is 0.254 e. The predicted octanol–water partition coefficient (Wildman–Crippen LogP) is 1.18. The monoisotopic (exact) mass is 331 g/mol. The first-order chi connectivity index (χ1) is 11.0. The second-order valence-corrected chi connectivity index (χ2v) is 6.66. The minimum absolute atomic E-state index is 0.124. The first-order valence-corrected chi connectivity index (χ1v) is 8.14. The van der Waals surface area contributed by atoms with E-state index in [4.69, 9.17) is 5.73 Å². The maximum atomic E-state index is 12.6. The Bertz CT molecular complexity index is 741. The van der Waals surface area contributed by atoms with Gasteiger partial charge < -0.3 is 15.7 Å². The van der Waals surface area contributed by atoms with Gasteiger partial charge in [-0.05, 0) is 19.1 Å². The number of aliphatic hydroxyl groups is 1. The average Bonchev–Trinajstić information content (AvgIpc) is 3.13. The zero-order chi connectivity index (χ0) is 16.6. The third-order valence-corrected chi connectivity index (χ3v) is 4.69. The van der Waals surface area contributed by atoms with Crippen LogP contribution in [0.15, 0.2) is 29.6 Å². The van der Waals surface area contributed by atoms with Gasteiger partial charge in [0.15, 0.2) is 0 Å². The molecule has 1 aromatic heterocycles. The van der Waals surface area contributed by atoms with Crippen molar-refractivity contribution in [2.75, 3.05) is 6.54 Å². The van der Waals surface area contributed by atoms with Crippen LogP contribution in [0.2, 0.25) is 0 Å². The molecule has 1 saturated heterocycles. The number of β-amino-alcohol motifs (C(OH)–C–C–N with tert-alkyl or cyclic N) is 1. The molecule has 3 N–H and O–H groups in total. The minimum atomic E-state index is -0.752. The van der Waals surface area contributed by atoms with Crippen molar-refractivity contribution >= 4 is 23.2 Å². The van der Waals surface area contributed by atoms with Crippen LogP contribution in [0.4, 0.5) is 0 Å². The topological polar surface area (TPSA) is 96.5 Å². The second kappa shape index (κ2) is 6.10. The first kappa shape index (κ1) is 15.6. The molecule has 0 spiro atoms. The normalized spacial score (nSPS) is 20.7. The molecule has 2 aromatic rings. The molecule has 6 nitrogen and oxygen atoms in total. The summed E-state index contributed by atoms with van der Waals surface area (Å²) in [6.45, 7) is 2.06. The Hall–Kier alpha value is -2.25. The van der Waals surface area contributed by atoms with Crippen LogP contribution in [0.25, 0.3) is 11.3 Å². The first-order valence-electron chi connectivity index (χ1n) is 7.26. The van der Waals surface area contributed by atoms with Gasteiger partial charge >= 0.3 is 0 Å². The lowest BCUT2D eigenvalue weighted by Gasteiger charge is -2.21. The number of nitrogens with two attached hydrogens (primary N) is 1. The quantitative estimate of drug-likeness (QED) is 0.882. The zero-order valence-corrected chi connectivity index (χ0v) is 13.4. The number of thiazole rings is 1. The summed E-state index contributed by atoms with van der Waals surface area (Å²) in [5.74, 6) is -0.893. The summed E-state index contributed by atoms with van der Waals surface area (Å²) in [4.78, 5) is 29.7. The molecular weight excluding hydrogens is 314 g/mol. The van der Waals surface area contributed by atoms with E-state index < -0.39 is 18.1 Å². The number of rotatable bonds is 3. The maximum absolute atomic E-state index is 12.6. The van der Waals surface area contributed by atoms with Gasteiger partial charge in [-0.25, -0.2) is 4.98 Å². The summed E-state index contributed by atoms with van der Waals surface area (Å²) in [7, 11) is 0. The molecule has 0 radical (unpaired) electrons. The van der Waals surface area contributed by atoms with Gasteiger partial charge in [0, 0.05) is 29.5 Å². The van der Waals surface area contributed by atoms with Crippen molar-refractivity contribution in [3.63, 3.8) is 0 Å². The summed E-state index contributed by atoms with van der Waals surface area (Å²) in [5.41, 5.74) is 7.58. The number of aryl methyl sites for hydroxylation is 1. The van der Waals surface area contributed by atoms with Crippen molar-refractivity contribution in [1.82, 2.24) is 9.88 Å². The number of hydrogen-bond acceptors (Lipinski definition) is 5. The van der Waals surface area contributed by atoms with Crippen molar-refractivity contribution < 1.29 is 14.7 Å². The van der Waals surface area contributed by atoms with Crippen LogP contribution in [0, 0.1) is 6.92 Å². The van der Waals surface area contributed by atoms with Crippen LogP contribution in [0.1, 0.15) is 21.8 Å². The van der Waals surface area contributed by atoms with Crippen molar-refractivity contribution in [3.8, 4) is 11.3 Å².